The number of rotatable bonds is 3. The third-order valence-electron chi connectivity index (χ3n) is 2.44. The second-order valence-electron chi connectivity index (χ2n) is 3.91. The summed E-state index contributed by atoms with van der Waals surface area (Å²) in [5.74, 6) is 0. The lowest BCUT2D eigenvalue weighted by Crippen LogP contribution is -2.10. The van der Waals surface area contributed by atoms with Gasteiger partial charge in [0.1, 0.15) is 5.69 Å². The van der Waals surface area contributed by atoms with Gasteiger partial charge in [0.2, 0.25) is 0 Å². The van der Waals surface area contributed by atoms with E-state index in [9.17, 15) is 13.2 Å². The van der Waals surface area contributed by atoms with Crippen LogP contribution in [-0.4, -0.2) is 16.2 Å². The Hall–Kier alpha value is -1.82. The molecule has 1 aromatic carbocycles. The zero-order chi connectivity index (χ0) is 14.6. The van der Waals surface area contributed by atoms with Crippen molar-refractivity contribution in [2.45, 2.75) is 11.3 Å². The molecule has 0 fully saturated rings. The first kappa shape index (κ1) is 14.6. The summed E-state index contributed by atoms with van der Waals surface area (Å²) in [5, 5.41) is 0.104. The van der Waals surface area contributed by atoms with E-state index in [0.717, 1.165) is 23.4 Å². The molecule has 0 aliphatic rings. The average Bonchev–Trinajstić information content (AvgIpc) is 2.45. The Kier molecular flexibility index (Phi) is 4.44. The van der Waals surface area contributed by atoms with Crippen molar-refractivity contribution in [2.75, 3.05) is 6.26 Å². The zero-order valence-corrected chi connectivity index (χ0v) is 11.4. The predicted octanol–water partition coefficient (Wildman–Crippen LogP) is 4.39. The lowest BCUT2D eigenvalue weighted by molar-refractivity contribution is -0.141. The minimum atomic E-state index is -4.47. The monoisotopic (exact) mass is 296 g/mol. The average molecular weight is 296 g/mol. The molecule has 20 heavy (non-hydrogen) atoms. The van der Waals surface area contributed by atoms with Gasteiger partial charge in [-0.25, -0.2) is 9.97 Å². The number of aromatic nitrogens is 2. The lowest BCUT2D eigenvalue weighted by atomic mass is 10.2. The Morgan fingerprint density at radius 2 is 1.75 bits per heavy atom. The summed E-state index contributed by atoms with van der Waals surface area (Å²) in [5.41, 5.74) is 0.204. The molecule has 0 bridgehead atoms. The number of hydrogen-bond acceptors (Lipinski definition) is 3. The van der Waals surface area contributed by atoms with Crippen LogP contribution in [-0.2, 0) is 6.18 Å². The van der Waals surface area contributed by atoms with Gasteiger partial charge >= 0.3 is 6.18 Å². The topological polar surface area (TPSA) is 25.8 Å². The van der Waals surface area contributed by atoms with E-state index in [1.165, 1.54) is 0 Å². The number of nitrogens with zero attached hydrogens (tertiary/aromatic N) is 2. The summed E-state index contributed by atoms with van der Waals surface area (Å²) < 4.78 is 38.2. The van der Waals surface area contributed by atoms with Gasteiger partial charge in [-0.3, -0.25) is 0 Å². The molecule has 0 aliphatic heterocycles. The van der Waals surface area contributed by atoms with Crippen LogP contribution in [0.2, 0.25) is 0 Å². The molecule has 0 spiro atoms. The smallest absolute Gasteiger partial charge is 0.223 e. The summed E-state index contributed by atoms with van der Waals surface area (Å²) in [6, 6.07) is 10.2. The van der Waals surface area contributed by atoms with E-state index in [0.29, 0.717) is 0 Å². The Bertz CT molecular complexity index is 610. The number of halogens is 3. The Labute approximate surface area is 118 Å². The van der Waals surface area contributed by atoms with E-state index in [-0.39, 0.29) is 10.9 Å². The molecule has 104 valence electrons. The molecule has 0 saturated heterocycles. The number of benzene rings is 1. The molecule has 1 heterocycles. The molecule has 0 N–H and O–H groups in total. The second kappa shape index (κ2) is 6.09. The van der Waals surface area contributed by atoms with Crippen LogP contribution in [0.5, 0.6) is 0 Å². The lowest BCUT2D eigenvalue weighted by Gasteiger charge is -2.07. The van der Waals surface area contributed by atoms with Gasteiger partial charge in [-0.05, 0) is 24.0 Å². The van der Waals surface area contributed by atoms with Crippen molar-refractivity contribution in [1.29, 1.82) is 0 Å². The van der Waals surface area contributed by atoms with Crippen molar-refractivity contribution < 1.29 is 13.2 Å². The van der Waals surface area contributed by atoms with Crippen molar-refractivity contribution in [3.8, 4) is 0 Å². The van der Waals surface area contributed by atoms with Crippen LogP contribution in [0, 0.1) is 0 Å². The quantitative estimate of drug-likeness (QED) is 0.620. The minimum absolute atomic E-state index is 0.104. The maximum atomic E-state index is 12.7. The van der Waals surface area contributed by atoms with Gasteiger partial charge in [-0.1, -0.05) is 48.2 Å². The summed E-state index contributed by atoms with van der Waals surface area (Å²) >= 11 is 1.08. The first-order valence-electron chi connectivity index (χ1n) is 5.72. The van der Waals surface area contributed by atoms with Crippen LogP contribution in [0.3, 0.4) is 0 Å². The highest BCUT2D eigenvalue weighted by Gasteiger charge is 2.33. The minimum Gasteiger partial charge on any atom is -0.223 e. The second-order valence-corrected chi connectivity index (χ2v) is 4.68. The van der Waals surface area contributed by atoms with Gasteiger partial charge in [0.25, 0.3) is 0 Å². The Balaban J connectivity index is 2.34. The van der Waals surface area contributed by atoms with Crippen molar-refractivity contribution in [3.63, 3.8) is 0 Å². The van der Waals surface area contributed by atoms with Crippen LogP contribution in [0.25, 0.3) is 12.2 Å². The van der Waals surface area contributed by atoms with Crippen LogP contribution < -0.4 is 0 Å². The summed E-state index contributed by atoms with van der Waals surface area (Å²) in [6.45, 7) is 0. The van der Waals surface area contributed by atoms with Gasteiger partial charge in [0.05, 0.1) is 5.69 Å². The Morgan fingerprint density at radius 3 is 2.35 bits per heavy atom. The zero-order valence-electron chi connectivity index (χ0n) is 10.6. The molecule has 0 atom stereocenters. The molecule has 2 rings (SSSR count). The highest BCUT2D eigenvalue weighted by Crippen LogP contribution is 2.29. The molecule has 0 saturated carbocycles. The molecule has 2 aromatic rings. The molecule has 2 nitrogen and oxygen atoms in total. The van der Waals surface area contributed by atoms with Gasteiger partial charge in [-0.2, -0.15) is 13.2 Å². The first-order chi connectivity index (χ1) is 9.49. The van der Waals surface area contributed by atoms with Gasteiger partial charge < -0.3 is 0 Å². The van der Waals surface area contributed by atoms with Crippen molar-refractivity contribution in [2.24, 2.45) is 0 Å². The van der Waals surface area contributed by atoms with Crippen LogP contribution in [0.15, 0.2) is 41.6 Å². The van der Waals surface area contributed by atoms with E-state index in [4.69, 9.17) is 0 Å². The van der Waals surface area contributed by atoms with Crippen molar-refractivity contribution in [1.82, 2.24) is 9.97 Å². The molecule has 0 unspecified atom stereocenters. The molecule has 1 aromatic heterocycles. The molecular weight excluding hydrogens is 285 g/mol. The molecule has 6 heteroatoms. The molecular formula is C14H11F3N2S. The van der Waals surface area contributed by atoms with Crippen LogP contribution in [0.1, 0.15) is 17.0 Å². The van der Waals surface area contributed by atoms with Gasteiger partial charge in [-0.15, -0.1) is 0 Å². The first-order valence-corrected chi connectivity index (χ1v) is 6.95. The third-order valence-corrected chi connectivity index (χ3v) is 2.99. The molecule has 0 aliphatic carbocycles. The van der Waals surface area contributed by atoms with Crippen LogP contribution in [0.4, 0.5) is 13.2 Å². The standard InChI is InChI=1S/C14H11F3N2S/c1-20-13-18-11(9-12(19-13)14(15,16)17)8-7-10-5-3-2-4-6-10/h2-9H,1H3/b8-7+. The van der Waals surface area contributed by atoms with Crippen LogP contribution >= 0.6 is 11.8 Å². The van der Waals surface area contributed by atoms with E-state index in [2.05, 4.69) is 9.97 Å². The summed E-state index contributed by atoms with van der Waals surface area (Å²) in [6.07, 6.45) is 0.432. The van der Waals surface area contributed by atoms with Crippen molar-refractivity contribution >= 4 is 23.9 Å². The maximum Gasteiger partial charge on any atom is 0.433 e. The molecule has 0 radical (unpaired) electrons. The normalized spacial score (nSPS) is 12.0. The fourth-order valence-corrected chi connectivity index (χ4v) is 1.90. The number of hydrogen-bond donors (Lipinski definition) is 0. The van der Waals surface area contributed by atoms with E-state index in [1.807, 2.05) is 30.3 Å². The fourth-order valence-electron chi connectivity index (χ4n) is 1.51. The number of thioether (sulfide) groups is 1. The highest BCUT2D eigenvalue weighted by molar-refractivity contribution is 7.98. The predicted molar refractivity (Wildman–Crippen MR) is 74.2 cm³/mol. The maximum absolute atomic E-state index is 12.7. The fraction of sp³-hybridized carbons (Fsp3) is 0.143. The van der Waals surface area contributed by atoms with E-state index < -0.39 is 11.9 Å². The van der Waals surface area contributed by atoms with E-state index >= 15 is 0 Å². The third kappa shape index (κ3) is 3.84. The SMILES string of the molecule is CSc1nc(/C=C/c2ccccc2)cc(C(F)(F)F)n1. The largest absolute Gasteiger partial charge is 0.433 e. The Morgan fingerprint density at radius 1 is 1.05 bits per heavy atom. The van der Waals surface area contributed by atoms with Crippen molar-refractivity contribution in [3.05, 3.63) is 53.3 Å². The number of alkyl halides is 3. The molecule has 0 amide bonds. The summed E-state index contributed by atoms with van der Waals surface area (Å²) in [7, 11) is 0. The van der Waals surface area contributed by atoms with Gasteiger partial charge in [0.15, 0.2) is 5.16 Å². The highest BCUT2D eigenvalue weighted by atomic mass is 32.2. The summed E-state index contributed by atoms with van der Waals surface area (Å²) in [4.78, 5) is 7.52. The van der Waals surface area contributed by atoms with Gasteiger partial charge in [0, 0.05) is 0 Å². The van der Waals surface area contributed by atoms with E-state index in [1.54, 1.807) is 18.4 Å².